The van der Waals surface area contributed by atoms with Crippen LogP contribution in [0.5, 0.6) is 5.75 Å². The van der Waals surface area contributed by atoms with Gasteiger partial charge in [0, 0.05) is 23.1 Å². The Bertz CT molecular complexity index is 784. The van der Waals surface area contributed by atoms with Gasteiger partial charge in [0.1, 0.15) is 11.4 Å². The molecule has 1 amide bonds. The first-order valence-corrected chi connectivity index (χ1v) is 10.2. The van der Waals surface area contributed by atoms with Gasteiger partial charge in [0.05, 0.1) is 6.61 Å². The number of amides is 1. The maximum absolute atomic E-state index is 13.3. The Morgan fingerprint density at radius 1 is 1.19 bits per heavy atom. The van der Waals surface area contributed by atoms with Crippen molar-refractivity contribution >= 4 is 22.4 Å². The summed E-state index contributed by atoms with van der Waals surface area (Å²) in [6, 6.07) is 11.9. The summed E-state index contributed by atoms with van der Waals surface area (Å²) in [7, 11) is 0. The van der Waals surface area contributed by atoms with Crippen LogP contribution in [0, 0.1) is 5.92 Å². The monoisotopic (exact) mass is 369 g/mol. The molecule has 1 fully saturated rings. The number of ether oxygens (including phenoxy) is 2. The Morgan fingerprint density at radius 2 is 1.96 bits per heavy atom. The van der Waals surface area contributed by atoms with Crippen LogP contribution in [0.1, 0.15) is 52.9 Å². The van der Waals surface area contributed by atoms with Gasteiger partial charge in [-0.2, -0.15) is 0 Å². The molecule has 0 bridgehead atoms. The van der Waals surface area contributed by atoms with Crippen LogP contribution in [0.15, 0.2) is 36.4 Å². The van der Waals surface area contributed by atoms with E-state index in [1.807, 2.05) is 43.3 Å². The number of nitrogens with one attached hydrogen (secondary N) is 1. The first-order valence-electron chi connectivity index (χ1n) is 10.2. The zero-order valence-corrected chi connectivity index (χ0v) is 16.7. The Labute approximate surface area is 162 Å². The molecule has 1 aliphatic rings. The second kappa shape index (κ2) is 8.75. The van der Waals surface area contributed by atoms with Crippen LogP contribution >= 0.6 is 0 Å². The van der Waals surface area contributed by atoms with Crippen LogP contribution in [0.25, 0.3) is 10.8 Å². The van der Waals surface area contributed by atoms with Gasteiger partial charge in [0.2, 0.25) is 0 Å². The van der Waals surface area contributed by atoms with E-state index in [2.05, 4.69) is 19.2 Å². The van der Waals surface area contributed by atoms with Gasteiger partial charge in [0.15, 0.2) is 0 Å². The fourth-order valence-electron chi connectivity index (χ4n) is 4.14. The van der Waals surface area contributed by atoms with Crippen LogP contribution in [0.3, 0.4) is 0 Å². The molecule has 4 nitrogen and oxygen atoms in total. The number of hydrogen-bond acceptors (Lipinski definition) is 3. The standard InChI is InChI=1S/C23H31NO3/c1-4-15-26-21-13-12-20(18-10-6-7-11-19(18)21)24-22(25)23(27-5-2)14-8-9-17(3)16-23/h6-7,10-13,17H,4-5,8-9,14-16H2,1-3H3,(H,24,25)/t17-,23-/m1/s1. The van der Waals surface area contributed by atoms with Gasteiger partial charge in [-0.05, 0) is 50.7 Å². The zero-order chi connectivity index (χ0) is 19.3. The Balaban J connectivity index is 1.90. The minimum absolute atomic E-state index is 0.0247. The number of hydrogen-bond donors (Lipinski definition) is 1. The third kappa shape index (κ3) is 4.27. The first-order chi connectivity index (χ1) is 13.1. The van der Waals surface area contributed by atoms with E-state index in [9.17, 15) is 4.79 Å². The smallest absolute Gasteiger partial charge is 0.256 e. The molecule has 27 heavy (non-hydrogen) atoms. The van der Waals surface area contributed by atoms with E-state index in [0.717, 1.165) is 54.3 Å². The summed E-state index contributed by atoms with van der Waals surface area (Å²) in [5.74, 6) is 1.33. The summed E-state index contributed by atoms with van der Waals surface area (Å²) in [5.41, 5.74) is 0.0991. The predicted octanol–water partition coefficient (Wildman–Crippen LogP) is 5.55. The second-order valence-electron chi connectivity index (χ2n) is 7.59. The Hall–Kier alpha value is -2.07. The van der Waals surface area contributed by atoms with E-state index in [1.165, 1.54) is 0 Å². The molecular weight excluding hydrogens is 338 g/mol. The Kier molecular flexibility index (Phi) is 6.38. The van der Waals surface area contributed by atoms with Gasteiger partial charge >= 0.3 is 0 Å². The summed E-state index contributed by atoms with van der Waals surface area (Å²) < 4.78 is 11.9. The lowest BCUT2D eigenvalue weighted by Gasteiger charge is -2.38. The second-order valence-corrected chi connectivity index (χ2v) is 7.59. The van der Waals surface area contributed by atoms with Crippen molar-refractivity contribution < 1.29 is 14.3 Å². The molecule has 0 spiro atoms. The minimum atomic E-state index is -0.717. The SMILES string of the molecule is CCCOc1ccc(NC(=O)[C@@]2(OCC)CCC[C@@H](C)C2)c2ccccc12. The molecule has 1 aliphatic carbocycles. The van der Waals surface area contributed by atoms with E-state index < -0.39 is 5.60 Å². The predicted molar refractivity (Wildman–Crippen MR) is 110 cm³/mol. The van der Waals surface area contributed by atoms with Gasteiger partial charge < -0.3 is 14.8 Å². The Morgan fingerprint density at radius 3 is 2.67 bits per heavy atom. The van der Waals surface area contributed by atoms with Gasteiger partial charge in [-0.25, -0.2) is 0 Å². The van der Waals surface area contributed by atoms with Gasteiger partial charge in [0.25, 0.3) is 5.91 Å². The summed E-state index contributed by atoms with van der Waals surface area (Å²) in [4.78, 5) is 13.3. The number of carbonyl (C=O) groups is 1. The summed E-state index contributed by atoms with van der Waals surface area (Å²) in [6.45, 7) is 7.49. The van der Waals surface area contributed by atoms with Crippen molar-refractivity contribution in [1.29, 1.82) is 0 Å². The van der Waals surface area contributed by atoms with E-state index in [1.54, 1.807) is 0 Å². The lowest BCUT2D eigenvalue weighted by atomic mass is 9.78. The van der Waals surface area contributed by atoms with E-state index in [-0.39, 0.29) is 5.91 Å². The van der Waals surface area contributed by atoms with Gasteiger partial charge in [-0.3, -0.25) is 4.79 Å². The van der Waals surface area contributed by atoms with E-state index in [4.69, 9.17) is 9.47 Å². The molecule has 146 valence electrons. The van der Waals surface area contributed by atoms with E-state index in [0.29, 0.717) is 19.1 Å². The number of anilines is 1. The summed E-state index contributed by atoms with van der Waals surface area (Å²) in [5, 5.41) is 5.18. The number of carbonyl (C=O) groups excluding carboxylic acids is 1. The minimum Gasteiger partial charge on any atom is -0.493 e. The maximum Gasteiger partial charge on any atom is 0.256 e. The van der Waals surface area contributed by atoms with Crippen molar-refractivity contribution in [2.45, 2.75) is 58.5 Å². The molecule has 0 saturated heterocycles. The van der Waals surface area contributed by atoms with Crippen LogP contribution < -0.4 is 10.1 Å². The first kappa shape index (κ1) is 19.7. The molecule has 1 saturated carbocycles. The number of rotatable bonds is 7. The van der Waals surface area contributed by atoms with Crippen molar-refractivity contribution in [2.24, 2.45) is 5.92 Å². The number of fused-ring (bicyclic) bond motifs is 1. The molecule has 0 heterocycles. The van der Waals surface area contributed by atoms with Crippen LogP contribution in [0.4, 0.5) is 5.69 Å². The van der Waals surface area contributed by atoms with Crippen molar-refractivity contribution in [3.8, 4) is 5.75 Å². The molecule has 2 aromatic rings. The quantitative estimate of drug-likeness (QED) is 0.696. The lowest BCUT2D eigenvalue weighted by Crippen LogP contribution is -2.48. The lowest BCUT2D eigenvalue weighted by molar-refractivity contribution is -0.147. The zero-order valence-electron chi connectivity index (χ0n) is 16.7. The number of benzene rings is 2. The molecule has 2 atom stereocenters. The highest BCUT2D eigenvalue weighted by atomic mass is 16.5. The molecule has 1 N–H and O–H groups in total. The molecule has 3 rings (SSSR count). The van der Waals surface area contributed by atoms with Crippen LogP contribution in [-0.4, -0.2) is 24.7 Å². The van der Waals surface area contributed by atoms with Crippen molar-refractivity contribution in [1.82, 2.24) is 0 Å². The molecular formula is C23H31NO3. The third-order valence-electron chi connectivity index (χ3n) is 5.38. The fraction of sp³-hybridized carbons (Fsp3) is 0.522. The van der Waals surface area contributed by atoms with Crippen LogP contribution in [0.2, 0.25) is 0 Å². The van der Waals surface area contributed by atoms with E-state index >= 15 is 0 Å². The highest BCUT2D eigenvalue weighted by molar-refractivity contribution is 6.06. The molecule has 0 aromatic heterocycles. The molecule has 4 heteroatoms. The normalized spacial score (nSPS) is 22.6. The third-order valence-corrected chi connectivity index (χ3v) is 5.38. The highest BCUT2D eigenvalue weighted by Gasteiger charge is 2.42. The maximum atomic E-state index is 13.3. The molecule has 0 radical (unpaired) electrons. The average Bonchev–Trinajstić information content (AvgIpc) is 2.67. The van der Waals surface area contributed by atoms with Crippen LogP contribution in [-0.2, 0) is 9.53 Å². The molecule has 0 aliphatic heterocycles. The largest absolute Gasteiger partial charge is 0.493 e. The average molecular weight is 370 g/mol. The van der Waals surface area contributed by atoms with Crippen molar-refractivity contribution in [3.63, 3.8) is 0 Å². The molecule has 0 unspecified atom stereocenters. The van der Waals surface area contributed by atoms with Gasteiger partial charge in [-0.15, -0.1) is 0 Å². The topological polar surface area (TPSA) is 47.6 Å². The summed E-state index contributed by atoms with van der Waals surface area (Å²) >= 11 is 0. The molecule has 2 aromatic carbocycles. The fourth-order valence-corrected chi connectivity index (χ4v) is 4.14. The van der Waals surface area contributed by atoms with Crippen molar-refractivity contribution in [2.75, 3.05) is 18.5 Å². The van der Waals surface area contributed by atoms with Gasteiger partial charge in [-0.1, -0.05) is 44.5 Å². The summed E-state index contributed by atoms with van der Waals surface area (Å²) in [6.07, 6.45) is 4.71. The van der Waals surface area contributed by atoms with Crippen molar-refractivity contribution in [3.05, 3.63) is 36.4 Å². The highest BCUT2D eigenvalue weighted by Crippen LogP contribution is 2.38.